The molecular weight excluding hydrogens is 396 g/mol. The first-order valence-corrected chi connectivity index (χ1v) is 7.50. The summed E-state index contributed by atoms with van der Waals surface area (Å²) >= 11 is 0. The minimum atomic E-state index is -0.220. The Balaban J connectivity index is 0.00000441. The molecule has 126 valence electrons. The number of rotatable bonds is 8. The summed E-state index contributed by atoms with van der Waals surface area (Å²) in [7, 11) is 0. The van der Waals surface area contributed by atoms with Gasteiger partial charge in [-0.2, -0.15) is 0 Å². The number of guanidine groups is 1. The highest BCUT2D eigenvalue weighted by Crippen LogP contribution is 2.07. The van der Waals surface area contributed by atoms with Gasteiger partial charge < -0.3 is 15.4 Å². The average Bonchev–Trinajstić information content (AvgIpc) is 2.45. The normalized spacial score (nSPS) is 11.2. The number of hydrogen-bond acceptors (Lipinski definition) is 2. The Kier molecular flexibility index (Phi) is 12.1. The van der Waals surface area contributed by atoms with Crippen LogP contribution in [0, 0.1) is 5.82 Å². The average molecular weight is 423 g/mol. The number of nitrogens with one attached hydrogen (secondary N) is 2. The van der Waals surface area contributed by atoms with Crippen LogP contribution in [0.3, 0.4) is 0 Å². The molecule has 0 aliphatic rings. The van der Waals surface area contributed by atoms with E-state index in [1.165, 1.54) is 6.07 Å². The third-order valence-electron chi connectivity index (χ3n) is 2.77. The van der Waals surface area contributed by atoms with Crippen molar-refractivity contribution in [3.63, 3.8) is 0 Å². The highest BCUT2D eigenvalue weighted by molar-refractivity contribution is 14.0. The third kappa shape index (κ3) is 9.19. The van der Waals surface area contributed by atoms with Crippen molar-refractivity contribution in [3.8, 4) is 0 Å². The van der Waals surface area contributed by atoms with E-state index in [-0.39, 0.29) is 35.9 Å². The van der Waals surface area contributed by atoms with E-state index < -0.39 is 0 Å². The van der Waals surface area contributed by atoms with Gasteiger partial charge in [0.25, 0.3) is 0 Å². The van der Waals surface area contributed by atoms with Crippen LogP contribution in [-0.4, -0.2) is 31.8 Å². The Hall–Kier alpha value is -0.890. The minimum Gasteiger partial charge on any atom is -0.379 e. The van der Waals surface area contributed by atoms with Gasteiger partial charge in [0.15, 0.2) is 5.96 Å². The van der Waals surface area contributed by atoms with E-state index in [9.17, 15) is 4.39 Å². The molecule has 0 amide bonds. The lowest BCUT2D eigenvalue weighted by molar-refractivity contribution is 0.0776. The molecule has 0 saturated carbocycles. The second-order valence-electron chi connectivity index (χ2n) is 4.99. The van der Waals surface area contributed by atoms with Gasteiger partial charge in [-0.25, -0.2) is 9.38 Å². The lowest BCUT2D eigenvalue weighted by Gasteiger charge is -2.12. The highest BCUT2D eigenvalue weighted by Gasteiger charge is 2.01. The van der Waals surface area contributed by atoms with Gasteiger partial charge in [0.1, 0.15) is 5.82 Å². The number of aliphatic imine (C=N–C) groups is 1. The van der Waals surface area contributed by atoms with Crippen molar-refractivity contribution in [1.29, 1.82) is 0 Å². The van der Waals surface area contributed by atoms with Crippen LogP contribution in [0.4, 0.5) is 4.39 Å². The van der Waals surface area contributed by atoms with Crippen molar-refractivity contribution >= 4 is 29.9 Å². The van der Waals surface area contributed by atoms with Gasteiger partial charge in [-0.3, -0.25) is 0 Å². The zero-order chi connectivity index (χ0) is 15.5. The molecule has 0 fully saturated rings. The Morgan fingerprint density at radius 1 is 1.27 bits per heavy atom. The summed E-state index contributed by atoms with van der Waals surface area (Å²) in [4.78, 5) is 4.39. The first-order valence-electron chi connectivity index (χ1n) is 7.50. The molecule has 2 N–H and O–H groups in total. The predicted molar refractivity (Wildman–Crippen MR) is 100 cm³/mol. The summed E-state index contributed by atoms with van der Waals surface area (Å²) < 4.78 is 19.0. The summed E-state index contributed by atoms with van der Waals surface area (Å²) in [6.45, 7) is 8.63. The molecule has 0 aromatic heterocycles. The number of benzene rings is 1. The lowest BCUT2D eigenvalue weighted by atomic mass is 10.2. The molecule has 0 spiro atoms. The van der Waals surface area contributed by atoms with Crippen LogP contribution in [0.1, 0.15) is 32.8 Å². The van der Waals surface area contributed by atoms with E-state index >= 15 is 0 Å². The summed E-state index contributed by atoms with van der Waals surface area (Å²) in [5, 5.41) is 6.37. The minimum absolute atomic E-state index is 0. The van der Waals surface area contributed by atoms with Crippen molar-refractivity contribution in [2.45, 2.75) is 39.8 Å². The smallest absolute Gasteiger partial charge is 0.191 e. The predicted octanol–water partition coefficient (Wildman–Crippen LogP) is 3.31. The van der Waals surface area contributed by atoms with E-state index in [2.05, 4.69) is 15.6 Å². The van der Waals surface area contributed by atoms with Gasteiger partial charge in [-0.15, -0.1) is 24.0 Å². The SMILES string of the molecule is CCNC(=NCc1ccccc1F)NCCCOC(C)C.I. The second-order valence-corrected chi connectivity index (χ2v) is 4.99. The Morgan fingerprint density at radius 3 is 2.64 bits per heavy atom. The first-order chi connectivity index (χ1) is 10.1. The molecule has 1 aromatic rings. The molecule has 1 aromatic carbocycles. The molecule has 6 heteroatoms. The van der Waals surface area contributed by atoms with Crippen LogP contribution in [0.2, 0.25) is 0 Å². The first kappa shape index (κ1) is 21.1. The van der Waals surface area contributed by atoms with E-state index in [0.29, 0.717) is 18.1 Å². The molecule has 0 aliphatic carbocycles. The van der Waals surface area contributed by atoms with Crippen LogP contribution in [0.25, 0.3) is 0 Å². The van der Waals surface area contributed by atoms with Gasteiger partial charge >= 0.3 is 0 Å². The molecule has 0 unspecified atom stereocenters. The summed E-state index contributed by atoms with van der Waals surface area (Å²) in [5.74, 6) is 0.479. The van der Waals surface area contributed by atoms with Crippen molar-refractivity contribution in [3.05, 3.63) is 35.6 Å². The molecular formula is C16H27FIN3O. The molecule has 0 heterocycles. The lowest BCUT2D eigenvalue weighted by Crippen LogP contribution is -2.38. The van der Waals surface area contributed by atoms with Gasteiger partial charge in [0, 0.05) is 25.3 Å². The quantitative estimate of drug-likeness (QED) is 0.292. The van der Waals surface area contributed by atoms with Gasteiger partial charge in [0.2, 0.25) is 0 Å². The molecule has 0 bridgehead atoms. The standard InChI is InChI=1S/C16H26FN3O.HI/c1-4-18-16(19-10-7-11-21-13(2)3)20-12-14-8-5-6-9-15(14)17;/h5-6,8-9,13H,4,7,10-12H2,1-3H3,(H2,18,19,20);1H. The third-order valence-corrected chi connectivity index (χ3v) is 2.77. The maximum absolute atomic E-state index is 13.5. The maximum atomic E-state index is 13.5. The molecule has 0 atom stereocenters. The van der Waals surface area contributed by atoms with E-state index in [0.717, 1.165) is 26.1 Å². The van der Waals surface area contributed by atoms with Crippen molar-refractivity contribution in [2.75, 3.05) is 19.7 Å². The van der Waals surface area contributed by atoms with Gasteiger partial charge in [0.05, 0.1) is 12.6 Å². The van der Waals surface area contributed by atoms with Crippen LogP contribution >= 0.6 is 24.0 Å². The van der Waals surface area contributed by atoms with Crippen molar-refractivity contribution < 1.29 is 9.13 Å². The Labute approximate surface area is 149 Å². The molecule has 0 saturated heterocycles. The van der Waals surface area contributed by atoms with E-state index in [1.54, 1.807) is 12.1 Å². The Bertz CT molecular complexity index is 441. The monoisotopic (exact) mass is 423 g/mol. The van der Waals surface area contributed by atoms with Gasteiger partial charge in [-0.05, 0) is 33.3 Å². The topological polar surface area (TPSA) is 45.7 Å². The molecule has 22 heavy (non-hydrogen) atoms. The molecule has 4 nitrogen and oxygen atoms in total. The zero-order valence-corrected chi connectivity index (χ0v) is 15.9. The largest absolute Gasteiger partial charge is 0.379 e. The van der Waals surface area contributed by atoms with Crippen LogP contribution in [0.5, 0.6) is 0 Å². The number of nitrogens with zero attached hydrogens (tertiary/aromatic N) is 1. The fraction of sp³-hybridized carbons (Fsp3) is 0.562. The van der Waals surface area contributed by atoms with E-state index in [1.807, 2.05) is 26.8 Å². The fourth-order valence-electron chi connectivity index (χ4n) is 1.73. The Morgan fingerprint density at radius 2 is 2.00 bits per heavy atom. The van der Waals surface area contributed by atoms with Crippen molar-refractivity contribution in [2.24, 2.45) is 4.99 Å². The van der Waals surface area contributed by atoms with Crippen LogP contribution in [-0.2, 0) is 11.3 Å². The number of hydrogen-bond donors (Lipinski definition) is 2. The van der Waals surface area contributed by atoms with Crippen LogP contribution in [0.15, 0.2) is 29.3 Å². The number of ether oxygens (including phenoxy) is 1. The summed E-state index contributed by atoms with van der Waals surface area (Å²) in [6.07, 6.45) is 1.16. The van der Waals surface area contributed by atoms with Crippen molar-refractivity contribution in [1.82, 2.24) is 10.6 Å². The second kappa shape index (κ2) is 12.6. The van der Waals surface area contributed by atoms with Crippen LogP contribution < -0.4 is 10.6 Å². The fourth-order valence-corrected chi connectivity index (χ4v) is 1.73. The summed E-state index contributed by atoms with van der Waals surface area (Å²) in [5.41, 5.74) is 0.595. The summed E-state index contributed by atoms with van der Waals surface area (Å²) in [6, 6.07) is 6.70. The zero-order valence-electron chi connectivity index (χ0n) is 13.6. The molecule has 0 radical (unpaired) electrons. The van der Waals surface area contributed by atoms with Gasteiger partial charge in [-0.1, -0.05) is 18.2 Å². The van der Waals surface area contributed by atoms with E-state index in [4.69, 9.17) is 4.74 Å². The highest BCUT2D eigenvalue weighted by atomic mass is 127. The number of halogens is 2. The molecule has 0 aliphatic heterocycles. The molecule has 1 rings (SSSR count). The maximum Gasteiger partial charge on any atom is 0.191 e.